The highest BCUT2D eigenvalue weighted by Crippen LogP contribution is 2.34. The van der Waals surface area contributed by atoms with Crippen LogP contribution in [0.25, 0.3) is 5.57 Å². The molecule has 22 heavy (non-hydrogen) atoms. The van der Waals surface area contributed by atoms with E-state index in [4.69, 9.17) is 14.6 Å². The first-order chi connectivity index (χ1) is 10.6. The van der Waals surface area contributed by atoms with Crippen molar-refractivity contribution in [2.45, 2.75) is 6.92 Å². The van der Waals surface area contributed by atoms with E-state index in [1.165, 1.54) is 6.08 Å². The molecule has 0 saturated heterocycles. The third-order valence-corrected chi connectivity index (χ3v) is 3.48. The molecule has 1 N–H and O–H groups in total. The number of hydrogen-bond acceptors (Lipinski definition) is 3. The number of hydrogen-bond donors (Lipinski definition) is 1. The lowest BCUT2D eigenvalue weighted by atomic mass is 9.96. The molecule has 3 rings (SSSR count). The van der Waals surface area contributed by atoms with Gasteiger partial charge in [-0.1, -0.05) is 35.9 Å². The van der Waals surface area contributed by atoms with Gasteiger partial charge in [0.15, 0.2) is 11.5 Å². The summed E-state index contributed by atoms with van der Waals surface area (Å²) >= 11 is 0. The molecule has 2 aromatic carbocycles. The van der Waals surface area contributed by atoms with Crippen molar-refractivity contribution >= 4 is 11.5 Å². The van der Waals surface area contributed by atoms with E-state index >= 15 is 0 Å². The van der Waals surface area contributed by atoms with Crippen LogP contribution in [0.1, 0.15) is 16.7 Å². The third-order valence-electron chi connectivity index (χ3n) is 3.48. The summed E-state index contributed by atoms with van der Waals surface area (Å²) in [6, 6.07) is 13.2. The van der Waals surface area contributed by atoms with Crippen LogP contribution in [0.5, 0.6) is 11.5 Å². The molecule has 112 valence electrons. The first-order valence-corrected chi connectivity index (χ1v) is 7.05. The number of rotatable bonds is 3. The van der Waals surface area contributed by atoms with Gasteiger partial charge in [-0.25, -0.2) is 4.79 Å². The Kier molecular flexibility index (Phi) is 3.83. The predicted octanol–water partition coefficient (Wildman–Crippen LogP) is 3.28. The minimum absolute atomic E-state index is 0.499. The molecule has 1 aliphatic heterocycles. The number of ether oxygens (including phenoxy) is 2. The van der Waals surface area contributed by atoms with Gasteiger partial charge in [-0.05, 0) is 35.8 Å². The second-order valence-electron chi connectivity index (χ2n) is 5.12. The number of benzene rings is 2. The van der Waals surface area contributed by atoms with Gasteiger partial charge >= 0.3 is 5.97 Å². The topological polar surface area (TPSA) is 55.8 Å². The lowest BCUT2D eigenvalue weighted by Crippen LogP contribution is -2.15. The zero-order valence-electron chi connectivity index (χ0n) is 12.2. The van der Waals surface area contributed by atoms with E-state index in [0.29, 0.717) is 30.3 Å². The average molecular weight is 296 g/mol. The first kappa shape index (κ1) is 14.2. The van der Waals surface area contributed by atoms with E-state index in [1.807, 2.05) is 49.4 Å². The fourth-order valence-electron chi connectivity index (χ4n) is 2.40. The second kappa shape index (κ2) is 5.93. The quantitative estimate of drug-likeness (QED) is 0.883. The predicted molar refractivity (Wildman–Crippen MR) is 83.3 cm³/mol. The Bertz CT molecular complexity index is 729. The van der Waals surface area contributed by atoms with Crippen LogP contribution in [0.15, 0.2) is 48.5 Å². The van der Waals surface area contributed by atoms with Crippen LogP contribution < -0.4 is 9.47 Å². The number of fused-ring (bicyclic) bond motifs is 1. The number of carboxylic acid groups (broad SMARTS) is 1. The van der Waals surface area contributed by atoms with Gasteiger partial charge in [-0.3, -0.25) is 0 Å². The van der Waals surface area contributed by atoms with Crippen molar-refractivity contribution in [2.24, 2.45) is 0 Å². The minimum Gasteiger partial charge on any atom is -0.486 e. The Balaban J connectivity index is 2.06. The lowest BCUT2D eigenvalue weighted by Gasteiger charge is -2.19. The largest absolute Gasteiger partial charge is 0.486 e. The first-order valence-electron chi connectivity index (χ1n) is 7.05. The smallest absolute Gasteiger partial charge is 0.328 e. The molecule has 1 aliphatic rings. The molecule has 0 atom stereocenters. The molecule has 0 aliphatic carbocycles. The molecular formula is C18H16O4. The van der Waals surface area contributed by atoms with E-state index in [-0.39, 0.29) is 0 Å². The summed E-state index contributed by atoms with van der Waals surface area (Å²) in [5, 5.41) is 9.17. The van der Waals surface area contributed by atoms with Crippen molar-refractivity contribution in [3.8, 4) is 11.5 Å². The minimum atomic E-state index is -0.981. The zero-order valence-corrected chi connectivity index (χ0v) is 12.2. The van der Waals surface area contributed by atoms with E-state index in [2.05, 4.69) is 0 Å². The molecule has 0 saturated carbocycles. The Labute approximate surface area is 128 Å². The van der Waals surface area contributed by atoms with Gasteiger partial charge in [0, 0.05) is 6.08 Å². The van der Waals surface area contributed by atoms with Crippen LogP contribution in [-0.2, 0) is 4.79 Å². The van der Waals surface area contributed by atoms with Crippen molar-refractivity contribution in [1.29, 1.82) is 0 Å². The van der Waals surface area contributed by atoms with Gasteiger partial charge in [0.1, 0.15) is 13.2 Å². The molecule has 0 radical (unpaired) electrons. The Morgan fingerprint density at radius 3 is 2.32 bits per heavy atom. The van der Waals surface area contributed by atoms with Crippen LogP contribution >= 0.6 is 0 Å². The van der Waals surface area contributed by atoms with Gasteiger partial charge in [-0.15, -0.1) is 0 Å². The van der Waals surface area contributed by atoms with Crippen molar-refractivity contribution < 1.29 is 19.4 Å². The Morgan fingerprint density at radius 1 is 1.00 bits per heavy atom. The summed E-state index contributed by atoms with van der Waals surface area (Å²) in [5.74, 6) is 0.353. The van der Waals surface area contributed by atoms with Gasteiger partial charge in [0.05, 0.1) is 0 Å². The van der Waals surface area contributed by atoms with Crippen LogP contribution in [0.2, 0.25) is 0 Å². The molecule has 0 fully saturated rings. The summed E-state index contributed by atoms with van der Waals surface area (Å²) in [6.07, 6.45) is 1.22. The van der Waals surface area contributed by atoms with Crippen molar-refractivity contribution in [3.05, 3.63) is 65.2 Å². The SMILES string of the molecule is Cc1ccc(/C(=C\C(=O)O)c2ccc3c(c2)OCCO3)cc1. The maximum absolute atomic E-state index is 11.2. The van der Waals surface area contributed by atoms with Gasteiger partial charge in [0.2, 0.25) is 0 Å². The molecule has 0 unspecified atom stereocenters. The average Bonchev–Trinajstić information content (AvgIpc) is 2.53. The van der Waals surface area contributed by atoms with Gasteiger partial charge in [-0.2, -0.15) is 0 Å². The Hall–Kier alpha value is -2.75. The molecule has 2 aromatic rings. The summed E-state index contributed by atoms with van der Waals surface area (Å²) in [4.78, 5) is 11.2. The van der Waals surface area contributed by atoms with Crippen LogP contribution in [0.4, 0.5) is 0 Å². The molecule has 4 heteroatoms. The second-order valence-corrected chi connectivity index (χ2v) is 5.12. The molecule has 0 aromatic heterocycles. The maximum atomic E-state index is 11.2. The highest BCUT2D eigenvalue weighted by atomic mass is 16.6. The number of carbonyl (C=O) groups is 1. The van der Waals surface area contributed by atoms with Crippen LogP contribution in [0.3, 0.4) is 0 Å². The molecule has 1 heterocycles. The fourth-order valence-corrected chi connectivity index (χ4v) is 2.40. The molecular weight excluding hydrogens is 280 g/mol. The molecule has 0 spiro atoms. The molecule has 0 amide bonds. The number of aryl methyl sites for hydroxylation is 1. The van der Waals surface area contributed by atoms with Gasteiger partial charge in [0.25, 0.3) is 0 Å². The highest BCUT2D eigenvalue weighted by Gasteiger charge is 2.15. The van der Waals surface area contributed by atoms with Crippen molar-refractivity contribution in [1.82, 2.24) is 0 Å². The zero-order chi connectivity index (χ0) is 15.5. The number of aliphatic carboxylic acids is 1. The third kappa shape index (κ3) is 2.96. The lowest BCUT2D eigenvalue weighted by molar-refractivity contribution is -0.131. The van der Waals surface area contributed by atoms with E-state index in [1.54, 1.807) is 0 Å². The van der Waals surface area contributed by atoms with Crippen molar-refractivity contribution in [2.75, 3.05) is 13.2 Å². The van der Waals surface area contributed by atoms with E-state index in [9.17, 15) is 4.79 Å². The van der Waals surface area contributed by atoms with Gasteiger partial charge < -0.3 is 14.6 Å². The summed E-state index contributed by atoms with van der Waals surface area (Å²) in [7, 11) is 0. The maximum Gasteiger partial charge on any atom is 0.328 e. The summed E-state index contributed by atoms with van der Waals surface area (Å²) in [6.45, 7) is 3.02. The van der Waals surface area contributed by atoms with Crippen LogP contribution in [-0.4, -0.2) is 24.3 Å². The normalized spacial score (nSPS) is 13.8. The fraction of sp³-hybridized carbons (Fsp3) is 0.167. The van der Waals surface area contributed by atoms with E-state index in [0.717, 1.165) is 16.7 Å². The van der Waals surface area contributed by atoms with Crippen LogP contribution in [0, 0.1) is 6.92 Å². The Morgan fingerprint density at radius 2 is 1.64 bits per heavy atom. The number of carboxylic acids is 1. The molecule has 0 bridgehead atoms. The van der Waals surface area contributed by atoms with E-state index < -0.39 is 5.97 Å². The summed E-state index contributed by atoms with van der Waals surface area (Å²) < 4.78 is 11.1. The highest BCUT2D eigenvalue weighted by molar-refractivity contribution is 5.95. The van der Waals surface area contributed by atoms with Crippen molar-refractivity contribution in [3.63, 3.8) is 0 Å². The molecule has 4 nitrogen and oxygen atoms in total. The monoisotopic (exact) mass is 296 g/mol. The standard InChI is InChI=1S/C18H16O4/c1-12-2-4-13(5-3-12)15(11-18(19)20)14-6-7-16-17(10-14)22-9-8-21-16/h2-7,10-11H,8-9H2,1H3,(H,19,20)/b15-11+. The summed E-state index contributed by atoms with van der Waals surface area (Å²) in [5.41, 5.74) is 3.41.